The second-order valence-corrected chi connectivity index (χ2v) is 7.21. The fourth-order valence-electron chi connectivity index (χ4n) is 2.80. The van der Waals surface area contributed by atoms with E-state index < -0.39 is 5.97 Å². The Hall–Kier alpha value is -3.56. The predicted molar refractivity (Wildman–Crippen MR) is 118 cm³/mol. The van der Waals surface area contributed by atoms with Crippen molar-refractivity contribution in [3.8, 4) is 17.6 Å². The number of hydrogen-bond donors (Lipinski definition) is 1. The molecule has 3 aromatic rings. The minimum Gasteiger partial charge on any atom is -0.493 e. The Morgan fingerprint density at radius 2 is 1.73 bits per heavy atom. The molecule has 0 saturated carbocycles. The molecule has 3 rings (SSSR count). The number of nitrogens with zero attached hydrogens (tertiary/aromatic N) is 1. The molecule has 0 aromatic heterocycles. The average molecular weight is 464 g/mol. The summed E-state index contributed by atoms with van der Waals surface area (Å²) in [5.74, 6) is 0.108. The van der Waals surface area contributed by atoms with E-state index in [2.05, 4.69) is 22.0 Å². The topological polar surface area (TPSA) is 79.5 Å². The summed E-state index contributed by atoms with van der Waals surface area (Å²) in [6.07, 6.45) is 1.71. The molecule has 0 aliphatic carbocycles. The van der Waals surface area contributed by atoms with Gasteiger partial charge in [-0.3, -0.25) is 0 Å². The van der Waals surface area contributed by atoms with Gasteiger partial charge >= 0.3 is 5.97 Å². The number of ether oxygens (including phenoxy) is 2. The van der Waals surface area contributed by atoms with E-state index in [0.29, 0.717) is 29.2 Å². The van der Waals surface area contributed by atoms with Gasteiger partial charge < -0.3 is 14.6 Å². The third-order valence-electron chi connectivity index (χ3n) is 4.38. The Labute approximate surface area is 182 Å². The highest BCUT2D eigenvalue weighted by molar-refractivity contribution is 9.10. The molecule has 0 atom stereocenters. The van der Waals surface area contributed by atoms with Crippen LogP contribution in [0.15, 0.2) is 71.2 Å². The third kappa shape index (κ3) is 5.07. The molecule has 0 unspecified atom stereocenters. The maximum atomic E-state index is 11.0. The van der Waals surface area contributed by atoms with E-state index in [-0.39, 0.29) is 5.56 Å². The second kappa shape index (κ2) is 9.77. The van der Waals surface area contributed by atoms with E-state index in [9.17, 15) is 10.1 Å². The second-order valence-electron chi connectivity index (χ2n) is 6.35. The summed E-state index contributed by atoms with van der Waals surface area (Å²) in [5, 5.41) is 18.6. The van der Waals surface area contributed by atoms with Gasteiger partial charge in [-0.25, -0.2) is 4.79 Å². The Morgan fingerprint density at radius 1 is 1.07 bits per heavy atom. The fraction of sp³-hybridized carbons (Fsp3) is 0.0833. The molecule has 6 heteroatoms. The number of methoxy groups -OCH3 is 1. The lowest BCUT2D eigenvalue weighted by molar-refractivity contribution is 0.0697. The molecule has 5 nitrogen and oxygen atoms in total. The summed E-state index contributed by atoms with van der Waals surface area (Å²) in [7, 11) is 1.56. The number of carbonyl (C=O) groups is 1. The van der Waals surface area contributed by atoms with Crippen LogP contribution in [0.25, 0.3) is 11.6 Å². The molecule has 0 aliphatic heterocycles. The number of benzene rings is 3. The van der Waals surface area contributed by atoms with E-state index in [1.165, 1.54) is 12.1 Å². The van der Waals surface area contributed by atoms with Crippen molar-refractivity contribution >= 4 is 33.5 Å². The van der Waals surface area contributed by atoms with Gasteiger partial charge in [0.05, 0.1) is 24.3 Å². The summed E-state index contributed by atoms with van der Waals surface area (Å²) in [4.78, 5) is 11.0. The van der Waals surface area contributed by atoms with E-state index in [4.69, 9.17) is 14.6 Å². The molecule has 0 saturated heterocycles. The van der Waals surface area contributed by atoms with Crippen molar-refractivity contribution in [2.75, 3.05) is 7.11 Å². The average Bonchev–Trinajstić information content (AvgIpc) is 2.77. The number of allylic oxidation sites excluding steroid dienone is 1. The van der Waals surface area contributed by atoms with Gasteiger partial charge in [0.1, 0.15) is 6.61 Å². The molecule has 0 spiro atoms. The van der Waals surface area contributed by atoms with Gasteiger partial charge in [0, 0.05) is 4.47 Å². The van der Waals surface area contributed by atoms with Gasteiger partial charge in [0.2, 0.25) is 0 Å². The summed E-state index contributed by atoms with van der Waals surface area (Å²) in [6, 6.07) is 21.7. The van der Waals surface area contributed by atoms with Crippen LogP contribution in [0.3, 0.4) is 0 Å². The zero-order valence-corrected chi connectivity index (χ0v) is 17.7. The maximum absolute atomic E-state index is 11.0. The van der Waals surface area contributed by atoms with Crippen LogP contribution < -0.4 is 9.47 Å². The first-order valence-electron chi connectivity index (χ1n) is 9.01. The lowest BCUT2D eigenvalue weighted by Gasteiger charge is -2.13. The minimum absolute atomic E-state index is 0.166. The van der Waals surface area contributed by atoms with E-state index in [0.717, 1.165) is 15.6 Å². The molecule has 0 aliphatic rings. The largest absolute Gasteiger partial charge is 0.493 e. The van der Waals surface area contributed by atoms with Crippen LogP contribution in [0.5, 0.6) is 11.5 Å². The molecule has 3 aromatic carbocycles. The first-order chi connectivity index (χ1) is 14.5. The van der Waals surface area contributed by atoms with Crippen LogP contribution in [-0.4, -0.2) is 18.2 Å². The predicted octanol–water partition coefficient (Wildman–Crippen LogP) is 5.80. The standard InChI is InChI=1S/C24H18BrNO4/c1-29-22-12-19(11-20(14-26)17-7-9-18(10-8-17)24(27)28)21(25)13-23(22)30-15-16-5-3-2-4-6-16/h2-13H,15H2,1H3,(H,27,28)/b20-11-. The molecule has 0 amide bonds. The number of rotatable bonds is 7. The minimum atomic E-state index is -1.01. The molecule has 30 heavy (non-hydrogen) atoms. The van der Waals surface area contributed by atoms with Crippen LogP contribution in [0.1, 0.15) is 27.0 Å². The lowest BCUT2D eigenvalue weighted by atomic mass is 10.0. The van der Waals surface area contributed by atoms with Gasteiger partial charge in [0.15, 0.2) is 11.5 Å². The number of carboxylic acids is 1. The van der Waals surface area contributed by atoms with Crippen LogP contribution in [0, 0.1) is 11.3 Å². The van der Waals surface area contributed by atoms with Crippen molar-refractivity contribution in [3.05, 3.63) is 93.5 Å². The monoisotopic (exact) mass is 463 g/mol. The van der Waals surface area contributed by atoms with Crippen molar-refractivity contribution < 1.29 is 19.4 Å². The summed E-state index contributed by atoms with van der Waals surface area (Å²) < 4.78 is 12.1. The molecule has 0 heterocycles. The zero-order chi connectivity index (χ0) is 21.5. The fourth-order valence-corrected chi connectivity index (χ4v) is 3.23. The van der Waals surface area contributed by atoms with Gasteiger partial charge in [-0.05, 0) is 47.0 Å². The van der Waals surface area contributed by atoms with Crippen molar-refractivity contribution in [1.82, 2.24) is 0 Å². The Bertz CT molecular complexity index is 1120. The molecular weight excluding hydrogens is 446 g/mol. The van der Waals surface area contributed by atoms with Gasteiger partial charge in [0.25, 0.3) is 0 Å². The molecule has 150 valence electrons. The molecule has 0 fully saturated rings. The number of halogens is 1. The zero-order valence-electron chi connectivity index (χ0n) is 16.1. The van der Waals surface area contributed by atoms with E-state index in [1.54, 1.807) is 37.5 Å². The number of aromatic carboxylic acids is 1. The van der Waals surface area contributed by atoms with E-state index in [1.807, 2.05) is 30.3 Å². The molecule has 1 N–H and O–H groups in total. The number of carboxylic acid groups (broad SMARTS) is 1. The first kappa shape index (κ1) is 21.2. The number of hydrogen-bond acceptors (Lipinski definition) is 4. The maximum Gasteiger partial charge on any atom is 0.335 e. The van der Waals surface area contributed by atoms with Gasteiger partial charge in [-0.2, -0.15) is 5.26 Å². The highest BCUT2D eigenvalue weighted by Gasteiger charge is 2.12. The van der Waals surface area contributed by atoms with Crippen LogP contribution >= 0.6 is 15.9 Å². The van der Waals surface area contributed by atoms with Crippen LogP contribution in [0.2, 0.25) is 0 Å². The Kier molecular flexibility index (Phi) is 6.89. The highest BCUT2D eigenvalue weighted by atomic mass is 79.9. The van der Waals surface area contributed by atoms with Crippen LogP contribution in [-0.2, 0) is 6.61 Å². The Morgan fingerprint density at radius 3 is 2.33 bits per heavy atom. The molecule has 0 bridgehead atoms. The normalized spacial score (nSPS) is 10.9. The lowest BCUT2D eigenvalue weighted by Crippen LogP contribution is -1.98. The highest BCUT2D eigenvalue weighted by Crippen LogP contribution is 2.36. The smallest absolute Gasteiger partial charge is 0.335 e. The van der Waals surface area contributed by atoms with Crippen molar-refractivity contribution in [2.24, 2.45) is 0 Å². The Balaban J connectivity index is 1.89. The quantitative estimate of drug-likeness (QED) is 0.353. The molecule has 0 radical (unpaired) electrons. The summed E-state index contributed by atoms with van der Waals surface area (Å²) in [5.41, 5.74) is 2.96. The van der Waals surface area contributed by atoms with Crippen molar-refractivity contribution in [3.63, 3.8) is 0 Å². The first-order valence-corrected chi connectivity index (χ1v) is 9.81. The van der Waals surface area contributed by atoms with Gasteiger partial charge in [-0.1, -0.05) is 58.4 Å². The summed E-state index contributed by atoms with van der Waals surface area (Å²) in [6.45, 7) is 0.401. The molecular formula is C24H18BrNO4. The third-order valence-corrected chi connectivity index (χ3v) is 5.07. The van der Waals surface area contributed by atoms with Gasteiger partial charge in [-0.15, -0.1) is 0 Å². The SMILES string of the molecule is COc1cc(/C=C(/C#N)c2ccc(C(=O)O)cc2)c(Br)cc1OCc1ccccc1. The van der Waals surface area contributed by atoms with Crippen molar-refractivity contribution in [2.45, 2.75) is 6.61 Å². The number of nitriles is 1. The summed E-state index contributed by atoms with van der Waals surface area (Å²) >= 11 is 3.53. The van der Waals surface area contributed by atoms with Crippen molar-refractivity contribution in [1.29, 1.82) is 5.26 Å². The van der Waals surface area contributed by atoms with E-state index >= 15 is 0 Å². The van der Waals surface area contributed by atoms with Crippen LogP contribution in [0.4, 0.5) is 0 Å².